The van der Waals surface area contributed by atoms with Gasteiger partial charge in [0.25, 0.3) is 0 Å². The van der Waals surface area contributed by atoms with Crippen LogP contribution in [0, 0.1) is 0 Å². The molecule has 1 aromatic heterocycles. The minimum absolute atomic E-state index is 0.0589. The lowest BCUT2D eigenvalue weighted by molar-refractivity contribution is -0.252. The van der Waals surface area contributed by atoms with Gasteiger partial charge in [-0.25, -0.2) is 4.98 Å². The molecule has 258 valence electrons. The van der Waals surface area contributed by atoms with Gasteiger partial charge in [-0.2, -0.15) is 13.2 Å². The van der Waals surface area contributed by atoms with Crippen LogP contribution < -0.4 is 5.32 Å². The first-order chi connectivity index (χ1) is 23.5. The Bertz CT molecular complexity index is 1790. The van der Waals surface area contributed by atoms with Crippen molar-refractivity contribution in [2.45, 2.75) is 69.7 Å². The quantitative estimate of drug-likeness (QED) is 0.198. The second-order valence-electron chi connectivity index (χ2n) is 12.0. The van der Waals surface area contributed by atoms with Gasteiger partial charge in [0.2, 0.25) is 5.91 Å². The number of hydrogen-bond acceptors (Lipinski definition) is 6. The average molecular weight is 718 g/mol. The fourth-order valence-corrected chi connectivity index (χ4v) is 6.48. The number of hydrogen-bond donors (Lipinski definition) is 2. The summed E-state index contributed by atoms with van der Waals surface area (Å²) in [5.41, 5.74) is 5.03. The summed E-state index contributed by atoms with van der Waals surface area (Å²) in [6.45, 7) is 0.331. The Morgan fingerprint density at radius 1 is 0.959 bits per heavy atom. The smallest absolute Gasteiger partial charge is 0.392 e. The molecule has 2 aliphatic heterocycles. The molecule has 2 saturated heterocycles. The van der Waals surface area contributed by atoms with Crippen molar-refractivity contribution < 1.29 is 37.3 Å². The highest BCUT2D eigenvalue weighted by Crippen LogP contribution is 2.39. The largest absolute Gasteiger partial charge is 0.471 e. The van der Waals surface area contributed by atoms with Gasteiger partial charge < -0.3 is 29.4 Å². The SMILES string of the molecule is O=C(NCc1cccc(-c2ccc([C@H]3O[C@@H](Cn4cnc(Cl)c4Cl)C[C@@H](c4ccc(CO)cc4)O3)cc2)c1)[C@@H]1CCCN1C(=O)C(F)(F)F. The Morgan fingerprint density at radius 3 is 2.37 bits per heavy atom. The summed E-state index contributed by atoms with van der Waals surface area (Å²) >= 11 is 12.4. The van der Waals surface area contributed by atoms with Crippen LogP contribution in [0.3, 0.4) is 0 Å². The Kier molecular flexibility index (Phi) is 10.6. The lowest BCUT2D eigenvalue weighted by Crippen LogP contribution is -2.50. The zero-order valence-electron chi connectivity index (χ0n) is 26.1. The van der Waals surface area contributed by atoms with Crippen LogP contribution >= 0.6 is 23.2 Å². The summed E-state index contributed by atoms with van der Waals surface area (Å²) in [5.74, 6) is -2.61. The van der Waals surface area contributed by atoms with Crippen LogP contribution in [0.5, 0.6) is 0 Å². The molecule has 49 heavy (non-hydrogen) atoms. The maximum Gasteiger partial charge on any atom is 0.471 e. The van der Waals surface area contributed by atoms with Gasteiger partial charge in [-0.05, 0) is 46.7 Å². The van der Waals surface area contributed by atoms with E-state index in [1.807, 2.05) is 72.8 Å². The molecular formula is C35H33Cl2F3N4O5. The molecule has 0 unspecified atom stereocenters. The van der Waals surface area contributed by atoms with Crippen LogP contribution in [0.2, 0.25) is 10.3 Å². The van der Waals surface area contributed by atoms with Crippen molar-refractivity contribution in [1.82, 2.24) is 19.8 Å². The third kappa shape index (κ3) is 8.11. The van der Waals surface area contributed by atoms with Crippen LogP contribution in [0.15, 0.2) is 79.1 Å². The van der Waals surface area contributed by atoms with Crippen molar-refractivity contribution in [3.8, 4) is 11.1 Å². The van der Waals surface area contributed by atoms with E-state index in [0.717, 1.165) is 33.4 Å². The lowest BCUT2D eigenvalue weighted by atomic mass is 9.99. The van der Waals surface area contributed by atoms with E-state index in [-0.39, 0.29) is 43.5 Å². The third-order valence-electron chi connectivity index (χ3n) is 8.72. The molecule has 4 atom stereocenters. The molecule has 0 aliphatic carbocycles. The summed E-state index contributed by atoms with van der Waals surface area (Å²) < 4.78 is 53.5. The number of carbonyl (C=O) groups excluding carboxylic acids is 2. The molecule has 9 nitrogen and oxygen atoms in total. The van der Waals surface area contributed by atoms with Crippen LogP contribution in [0.25, 0.3) is 11.1 Å². The Labute approximate surface area is 290 Å². The van der Waals surface area contributed by atoms with Crippen molar-refractivity contribution in [2.24, 2.45) is 0 Å². The minimum atomic E-state index is -5.03. The monoisotopic (exact) mass is 716 g/mol. The topological polar surface area (TPSA) is 106 Å². The first-order valence-corrected chi connectivity index (χ1v) is 16.5. The van der Waals surface area contributed by atoms with Gasteiger partial charge in [-0.1, -0.05) is 89.9 Å². The first kappa shape index (κ1) is 34.9. The number of halogens is 5. The van der Waals surface area contributed by atoms with Gasteiger partial charge in [-0.15, -0.1) is 0 Å². The normalized spacial score (nSPS) is 21.1. The maximum atomic E-state index is 13.0. The maximum absolute atomic E-state index is 13.0. The number of aliphatic hydroxyl groups excluding tert-OH is 1. The lowest BCUT2D eigenvalue weighted by Gasteiger charge is -2.36. The molecule has 0 radical (unpaired) electrons. The number of likely N-dealkylation sites (tertiary alicyclic amines) is 1. The molecule has 0 spiro atoms. The summed E-state index contributed by atoms with van der Waals surface area (Å²) in [4.78, 5) is 29.2. The van der Waals surface area contributed by atoms with Crippen molar-refractivity contribution in [2.75, 3.05) is 6.54 Å². The Morgan fingerprint density at radius 2 is 1.69 bits per heavy atom. The van der Waals surface area contributed by atoms with Crippen molar-refractivity contribution >= 4 is 35.0 Å². The predicted molar refractivity (Wildman–Crippen MR) is 175 cm³/mol. The number of rotatable bonds is 9. The number of ether oxygens (including phenoxy) is 2. The van der Waals surface area contributed by atoms with E-state index >= 15 is 0 Å². The fourth-order valence-electron chi connectivity index (χ4n) is 6.17. The van der Waals surface area contributed by atoms with E-state index in [1.54, 1.807) is 10.9 Å². The first-order valence-electron chi connectivity index (χ1n) is 15.7. The minimum Gasteiger partial charge on any atom is -0.392 e. The van der Waals surface area contributed by atoms with Gasteiger partial charge in [-0.3, -0.25) is 9.59 Å². The van der Waals surface area contributed by atoms with Crippen LogP contribution in [-0.2, 0) is 38.8 Å². The summed E-state index contributed by atoms with van der Waals surface area (Å²) in [7, 11) is 0. The van der Waals surface area contributed by atoms with Crippen molar-refractivity contribution in [1.29, 1.82) is 0 Å². The Balaban J connectivity index is 1.14. The summed E-state index contributed by atoms with van der Waals surface area (Å²) in [6, 6.07) is 21.6. The van der Waals surface area contributed by atoms with E-state index in [1.165, 1.54) is 0 Å². The molecule has 6 rings (SSSR count). The van der Waals surface area contributed by atoms with E-state index in [9.17, 15) is 27.9 Å². The highest BCUT2D eigenvalue weighted by molar-refractivity contribution is 6.40. The molecule has 0 bridgehead atoms. The third-order valence-corrected chi connectivity index (χ3v) is 9.49. The number of aromatic nitrogens is 2. The summed E-state index contributed by atoms with van der Waals surface area (Å²) in [6.07, 6.45) is -3.71. The molecule has 3 heterocycles. The molecule has 2 fully saturated rings. The number of nitrogens with one attached hydrogen (secondary N) is 1. The van der Waals surface area contributed by atoms with E-state index < -0.39 is 30.3 Å². The number of aliphatic hydroxyl groups is 1. The fraction of sp³-hybridized carbons (Fsp3) is 0.343. The van der Waals surface area contributed by atoms with Gasteiger partial charge in [0.05, 0.1) is 31.7 Å². The number of carbonyl (C=O) groups is 2. The zero-order valence-corrected chi connectivity index (χ0v) is 27.6. The molecule has 0 saturated carbocycles. The van der Waals surface area contributed by atoms with Gasteiger partial charge in [0, 0.05) is 25.1 Å². The highest BCUT2D eigenvalue weighted by Gasteiger charge is 2.47. The molecule has 4 aromatic rings. The number of benzene rings is 3. The van der Waals surface area contributed by atoms with E-state index in [2.05, 4.69) is 10.3 Å². The van der Waals surface area contributed by atoms with Gasteiger partial charge in [0.1, 0.15) is 11.2 Å². The van der Waals surface area contributed by atoms with E-state index in [0.29, 0.717) is 29.4 Å². The van der Waals surface area contributed by atoms with Gasteiger partial charge >= 0.3 is 12.1 Å². The molecule has 3 aromatic carbocycles. The van der Waals surface area contributed by atoms with Gasteiger partial charge in [0.15, 0.2) is 11.4 Å². The zero-order chi connectivity index (χ0) is 34.7. The Hall–Kier alpha value is -3.94. The van der Waals surface area contributed by atoms with Crippen LogP contribution in [0.4, 0.5) is 13.2 Å². The van der Waals surface area contributed by atoms with Crippen LogP contribution in [0.1, 0.15) is 53.9 Å². The highest BCUT2D eigenvalue weighted by atomic mass is 35.5. The second-order valence-corrected chi connectivity index (χ2v) is 12.7. The van der Waals surface area contributed by atoms with Crippen LogP contribution in [-0.4, -0.2) is 56.2 Å². The summed E-state index contributed by atoms with van der Waals surface area (Å²) in [5, 5.41) is 12.7. The number of imidazole rings is 1. The number of alkyl halides is 3. The average Bonchev–Trinajstić information content (AvgIpc) is 3.73. The molecule has 2 aliphatic rings. The number of nitrogens with zero attached hydrogens (tertiary/aromatic N) is 3. The molecule has 2 N–H and O–H groups in total. The van der Waals surface area contributed by atoms with E-state index in [4.69, 9.17) is 32.7 Å². The second kappa shape index (κ2) is 14.9. The van der Waals surface area contributed by atoms with Crippen molar-refractivity contribution in [3.05, 3.63) is 112 Å². The molecule has 14 heteroatoms. The standard InChI is InChI=1S/C35H33Cl2F3N4O5/c36-30-31(37)43(20-42-30)18-27-16-29(24-8-6-21(19-45)7-9-24)49-33(48-27)25-12-10-23(11-13-25)26-4-1-3-22(15-26)17-41-32(46)28-5-2-14-44(28)34(47)35(38,39)40/h1,3-4,6-13,15,20,27-29,33,45H,2,5,14,16-19H2,(H,41,46)/t27-,28+,29+,33+/m1/s1. The molecule has 2 amide bonds. The van der Waals surface area contributed by atoms with Crippen molar-refractivity contribution in [3.63, 3.8) is 0 Å². The predicted octanol–water partition coefficient (Wildman–Crippen LogP) is 6.76. The number of amides is 2. The molecular weight excluding hydrogens is 684 g/mol.